The summed E-state index contributed by atoms with van der Waals surface area (Å²) in [5.74, 6) is 0. The maximum atomic E-state index is 12.4. The number of amides is 2. The predicted molar refractivity (Wildman–Crippen MR) is 99.2 cm³/mol. The minimum atomic E-state index is -3.49. The molecule has 7 nitrogen and oxygen atoms in total. The summed E-state index contributed by atoms with van der Waals surface area (Å²) in [6.45, 7) is 1.91. The van der Waals surface area contributed by atoms with Gasteiger partial charge < -0.3 is 10.2 Å². The van der Waals surface area contributed by atoms with Gasteiger partial charge in [0.05, 0.1) is 10.9 Å². The van der Waals surface area contributed by atoms with Crippen molar-refractivity contribution < 1.29 is 13.2 Å². The fourth-order valence-corrected chi connectivity index (χ4v) is 3.75. The van der Waals surface area contributed by atoms with Gasteiger partial charge >= 0.3 is 6.03 Å². The third-order valence-electron chi connectivity index (χ3n) is 4.38. The second-order valence-corrected chi connectivity index (χ2v) is 8.14. The van der Waals surface area contributed by atoms with E-state index in [1.165, 1.54) is 12.1 Å². The Morgan fingerprint density at radius 2 is 1.92 bits per heavy atom. The Morgan fingerprint density at radius 3 is 2.50 bits per heavy atom. The quantitative estimate of drug-likeness (QED) is 0.813. The highest BCUT2D eigenvalue weighted by Crippen LogP contribution is 2.23. The first-order valence-electron chi connectivity index (χ1n) is 8.43. The van der Waals surface area contributed by atoms with Crippen molar-refractivity contribution in [3.8, 4) is 0 Å². The zero-order chi connectivity index (χ0) is 18.7. The highest BCUT2D eigenvalue weighted by molar-refractivity contribution is 7.89. The molecule has 0 spiro atoms. The van der Waals surface area contributed by atoms with Crippen molar-refractivity contribution in [2.75, 3.05) is 12.4 Å². The molecule has 1 atom stereocenters. The van der Waals surface area contributed by atoms with Crippen LogP contribution in [0, 0.1) is 0 Å². The maximum absolute atomic E-state index is 12.4. The molecule has 0 radical (unpaired) electrons. The van der Waals surface area contributed by atoms with Gasteiger partial charge in [0, 0.05) is 31.2 Å². The summed E-state index contributed by atoms with van der Waals surface area (Å²) < 4.78 is 26.9. The third-order valence-corrected chi connectivity index (χ3v) is 5.92. The van der Waals surface area contributed by atoms with Crippen LogP contribution in [-0.2, 0) is 10.0 Å². The lowest BCUT2D eigenvalue weighted by Gasteiger charge is -2.25. The van der Waals surface area contributed by atoms with Crippen LogP contribution in [0.2, 0.25) is 0 Å². The standard InChI is InChI=1S/C18H22N4O3S/c1-13(14-4-3-11-19-12-14)22(2)18(23)20-15-7-9-17(10-8-15)26(24,25)21-16-5-6-16/h3-4,7-13,16,21H,5-6H2,1-2H3,(H,20,23)/t13-/m0/s1. The predicted octanol–water partition coefficient (Wildman–Crippen LogP) is 2.75. The van der Waals surface area contributed by atoms with Crippen LogP contribution in [0.5, 0.6) is 0 Å². The second-order valence-electron chi connectivity index (χ2n) is 6.42. The molecule has 2 N–H and O–H groups in total. The molecule has 1 heterocycles. The molecular weight excluding hydrogens is 352 g/mol. The second kappa shape index (κ2) is 7.43. The molecule has 1 aromatic carbocycles. The number of carbonyl (C=O) groups is 1. The smallest absolute Gasteiger partial charge is 0.321 e. The molecule has 1 aliphatic rings. The van der Waals surface area contributed by atoms with Crippen LogP contribution in [0.1, 0.15) is 31.4 Å². The van der Waals surface area contributed by atoms with Crippen LogP contribution in [-0.4, -0.2) is 37.4 Å². The van der Waals surface area contributed by atoms with E-state index in [0.717, 1.165) is 18.4 Å². The number of benzene rings is 1. The number of aromatic nitrogens is 1. The van der Waals surface area contributed by atoms with Crippen molar-refractivity contribution in [3.05, 3.63) is 54.4 Å². The van der Waals surface area contributed by atoms with Gasteiger partial charge in [0.15, 0.2) is 0 Å². The van der Waals surface area contributed by atoms with E-state index in [1.54, 1.807) is 36.5 Å². The van der Waals surface area contributed by atoms with E-state index < -0.39 is 10.0 Å². The van der Waals surface area contributed by atoms with Crippen LogP contribution in [0.3, 0.4) is 0 Å². The summed E-state index contributed by atoms with van der Waals surface area (Å²) >= 11 is 0. The molecule has 3 rings (SSSR count). The molecule has 26 heavy (non-hydrogen) atoms. The Balaban J connectivity index is 1.64. The minimum absolute atomic E-state index is 0.0574. The molecule has 0 saturated heterocycles. The van der Waals surface area contributed by atoms with Gasteiger partial charge in [-0.25, -0.2) is 17.9 Å². The number of urea groups is 1. The number of hydrogen-bond donors (Lipinski definition) is 2. The van der Waals surface area contributed by atoms with Crippen LogP contribution in [0.25, 0.3) is 0 Å². The molecule has 2 aromatic rings. The molecular formula is C18H22N4O3S. The van der Waals surface area contributed by atoms with E-state index in [0.29, 0.717) is 5.69 Å². The zero-order valence-electron chi connectivity index (χ0n) is 14.7. The monoisotopic (exact) mass is 374 g/mol. The lowest BCUT2D eigenvalue weighted by molar-refractivity contribution is 0.208. The fraction of sp³-hybridized carbons (Fsp3) is 0.333. The van der Waals surface area contributed by atoms with Gasteiger partial charge in [-0.3, -0.25) is 4.98 Å². The van der Waals surface area contributed by atoms with E-state index in [2.05, 4.69) is 15.0 Å². The lowest BCUT2D eigenvalue weighted by Crippen LogP contribution is -2.33. The minimum Gasteiger partial charge on any atom is -0.321 e. The van der Waals surface area contributed by atoms with E-state index in [1.807, 2.05) is 19.1 Å². The lowest BCUT2D eigenvalue weighted by atomic mass is 10.1. The van der Waals surface area contributed by atoms with Gasteiger partial charge in [0.2, 0.25) is 10.0 Å². The average molecular weight is 374 g/mol. The molecule has 0 bridgehead atoms. The number of pyridine rings is 1. The Morgan fingerprint density at radius 1 is 1.23 bits per heavy atom. The van der Waals surface area contributed by atoms with Gasteiger partial charge in [-0.15, -0.1) is 0 Å². The fourth-order valence-electron chi connectivity index (χ4n) is 2.44. The topological polar surface area (TPSA) is 91.4 Å². The number of sulfonamides is 1. The van der Waals surface area contributed by atoms with Crippen LogP contribution in [0.15, 0.2) is 53.7 Å². The van der Waals surface area contributed by atoms with E-state index >= 15 is 0 Å². The zero-order valence-corrected chi connectivity index (χ0v) is 15.5. The summed E-state index contributed by atoms with van der Waals surface area (Å²) in [4.78, 5) is 18.3. The van der Waals surface area contributed by atoms with Crippen LogP contribution >= 0.6 is 0 Å². The first-order chi connectivity index (χ1) is 12.4. The molecule has 1 saturated carbocycles. The average Bonchev–Trinajstić information content (AvgIpc) is 3.45. The molecule has 1 aromatic heterocycles. The summed E-state index contributed by atoms with van der Waals surface area (Å²) in [5, 5.41) is 2.78. The van der Waals surface area contributed by atoms with E-state index in [-0.39, 0.29) is 23.0 Å². The van der Waals surface area contributed by atoms with Crippen molar-refractivity contribution in [2.45, 2.75) is 36.7 Å². The molecule has 1 aliphatic carbocycles. The van der Waals surface area contributed by atoms with Gasteiger partial charge in [0.25, 0.3) is 0 Å². The van der Waals surface area contributed by atoms with Crippen molar-refractivity contribution >= 4 is 21.7 Å². The van der Waals surface area contributed by atoms with Crippen molar-refractivity contribution in [2.24, 2.45) is 0 Å². The Kier molecular flexibility index (Phi) is 5.24. The largest absolute Gasteiger partial charge is 0.322 e. The number of carbonyl (C=O) groups excluding carboxylic acids is 1. The molecule has 138 valence electrons. The number of nitrogens with zero attached hydrogens (tertiary/aromatic N) is 2. The third kappa shape index (κ3) is 4.39. The van der Waals surface area contributed by atoms with Gasteiger partial charge in [0.1, 0.15) is 0 Å². The van der Waals surface area contributed by atoms with Gasteiger partial charge in [-0.2, -0.15) is 0 Å². The van der Waals surface area contributed by atoms with E-state index in [4.69, 9.17) is 0 Å². The van der Waals surface area contributed by atoms with Gasteiger partial charge in [-0.1, -0.05) is 6.07 Å². The molecule has 1 fully saturated rings. The Hall–Kier alpha value is -2.45. The summed E-state index contributed by atoms with van der Waals surface area (Å²) in [7, 11) is -1.79. The molecule has 8 heteroatoms. The number of rotatable bonds is 6. The van der Waals surface area contributed by atoms with Crippen LogP contribution in [0.4, 0.5) is 10.5 Å². The van der Waals surface area contributed by atoms with Crippen molar-refractivity contribution in [3.63, 3.8) is 0 Å². The summed E-state index contributed by atoms with van der Waals surface area (Å²) in [5.41, 5.74) is 1.46. The molecule has 2 amide bonds. The molecule has 0 unspecified atom stereocenters. The highest BCUT2D eigenvalue weighted by atomic mass is 32.2. The normalized spacial score (nSPS) is 15.3. The maximum Gasteiger partial charge on any atom is 0.322 e. The van der Waals surface area contributed by atoms with Gasteiger partial charge in [-0.05, 0) is 55.7 Å². The number of nitrogens with one attached hydrogen (secondary N) is 2. The Bertz CT molecular complexity index is 865. The van der Waals surface area contributed by atoms with E-state index in [9.17, 15) is 13.2 Å². The van der Waals surface area contributed by atoms with Crippen molar-refractivity contribution in [1.82, 2.24) is 14.6 Å². The first-order valence-corrected chi connectivity index (χ1v) is 9.91. The van der Waals surface area contributed by atoms with Crippen molar-refractivity contribution in [1.29, 1.82) is 0 Å². The Labute approximate surface area is 153 Å². The number of hydrogen-bond acceptors (Lipinski definition) is 4. The van der Waals surface area contributed by atoms with Crippen LogP contribution < -0.4 is 10.0 Å². The molecule has 0 aliphatic heterocycles. The summed E-state index contributed by atoms with van der Waals surface area (Å²) in [6.07, 6.45) is 5.18. The SMILES string of the molecule is C[C@@H](c1cccnc1)N(C)C(=O)Nc1ccc(S(=O)(=O)NC2CC2)cc1. The first kappa shape index (κ1) is 18.3. The number of anilines is 1. The highest BCUT2D eigenvalue weighted by Gasteiger charge is 2.28. The summed E-state index contributed by atoms with van der Waals surface area (Å²) in [6, 6.07) is 9.51.